The zero-order chi connectivity index (χ0) is 26.2. The number of nitrogens with zero attached hydrogens (tertiary/aromatic N) is 2. The minimum atomic E-state index is -0.642. The van der Waals surface area contributed by atoms with Crippen molar-refractivity contribution in [3.63, 3.8) is 0 Å². The maximum absolute atomic E-state index is 12.7. The number of non-ortho nitro benzene ring substituents is 1. The first-order valence-corrected chi connectivity index (χ1v) is 12.0. The van der Waals surface area contributed by atoms with Crippen molar-refractivity contribution in [3.8, 4) is 11.5 Å². The number of imide groups is 1. The van der Waals surface area contributed by atoms with E-state index in [1.165, 1.54) is 18.2 Å². The van der Waals surface area contributed by atoms with E-state index >= 15 is 0 Å². The Hall–Kier alpha value is -3.86. The number of carbonyl (C=O) groups excluding carboxylic acids is 3. The number of ether oxygens (including phenoxy) is 3. The summed E-state index contributed by atoms with van der Waals surface area (Å²) in [6.07, 6.45) is 1.54. The Labute approximate surface area is 212 Å². The van der Waals surface area contributed by atoms with Crippen LogP contribution in [0.1, 0.15) is 31.9 Å². The van der Waals surface area contributed by atoms with E-state index in [0.29, 0.717) is 29.2 Å². The smallest absolute Gasteiger partial charge is 0.326 e. The number of benzene rings is 2. The number of thioether (sulfide) groups is 1. The highest BCUT2D eigenvalue weighted by Crippen LogP contribution is 2.35. The normalized spacial score (nSPS) is 14.4. The number of amides is 2. The van der Waals surface area contributed by atoms with Gasteiger partial charge < -0.3 is 14.2 Å². The molecule has 2 aromatic carbocycles. The summed E-state index contributed by atoms with van der Waals surface area (Å²) in [4.78, 5) is 48.5. The Balaban J connectivity index is 1.72. The highest BCUT2D eigenvalue weighted by atomic mass is 32.2. The molecule has 0 radical (unpaired) electrons. The molecule has 0 N–H and O–H groups in total. The summed E-state index contributed by atoms with van der Waals surface area (Å²) >= 11 is 0.741. The van der Waals surface area contributed by atoms with Crippen molar-refractivity contribution in [1.29, 1.82) is 0 Å². The van der Waals surface area contributed by atoms with E-state index in [4.69, 9.17) is 14.2 Å². The Morgan fingerprint density at radius 1 is 1.14 bits per heavy atom. The first-order valence-electron chi connectivity index (χ1n) is 11.2. The van der Waals surface area contributed by atoms with Crippen molar-refractivity contribution < 1.29 is 33.5 Å². The van der Waals surface area contributed by atoms with Crippen LogP contribution in [0.5, 0.6) is 11.5 Å². The fourth-order valence-corrected chi connectivity index (χ4v) is 3.98. The lowest BCUT2D eigenvalue weighted by molar-refractivity contribution is -0.384. The number of carbonyl (C=O) groups is 3. The molecular formula is C25H26N2O8S. The number of hydrogen-bond donors (Lipinski definition) is 0. The summed E-state index contributed by atoms with van der Waals surface area (Å²) in [6.45, 7) is 5.79. The van der Waals surface area contributed by atoms with Gasteiger partial charge in [0.25, 0.3) is 16.8 Å². The van der Waals surface area contributed by atoms with Crippen LogP contribution in [0.2, 0.25) is 0 Å². The highest BCUT2D eigenvalue weighted by molar-refractivity contribution is 8.18. The second kappa shape index (κ2) is 12.2. The molecule has 0 saturated carbocycles. The highest BCUT2D eigenvalue weighted by Gasteiger charge is 2.36. The summed E-state index contributed by atoms with van der Waals surface area (Å²) in [5.74, 6) is -0.247. The third-order valence-corrected chi connectivity index (χ3v) is 5.73. The lowest BCUT2D eigenvalue weighted by atomic mass is 10.1. The zero-order valence-electron chi connectivity index (χ0n) is 20.1. The van der Waals surface area contributed by atoms with Gasteiger partial charge >= 0.3 is 5.97 Å². The van der Waals surface area contributed by atoms with E-state index < -0.39 is 28.6 Å². The molecule has 1 fully saturated rings. The summed E-state index contributed by atoms with van der Waals surface area (Å²) in [5.41, 5.74) is 1.18. The summed E-state index contributed by atoms with van der Waals surface area (Å²) in [7, 11) is 0. The quantitative estimate of drug-likeness (QED) is 0.180. The molecule has 1 heterocycles. The van der Waals surface area contributed by atoms with Gasteiger partial charge in [0.2, 0.25) is 0 Å². The number of hydrogen-bond acceptors (Lipinski definition) is 9. The lowest BCUT2D eigenvalue weighted by Crippen LogP contribution is -2.34. The molecule has 1 saturated heterocycles. The molecular weight excluding hydrogens is 488 g/mol. The van der Waals surface area contributed by atoms with E-state index in [9.17, 15) is 24.5 Å². The van der Waals surface area contributed by atoms with Crippen molar-refractivity contribution in [3.05, 3.63) is 68.6 Å². The second-order valence-electron chi connectivity index (χ2n) is 8.20. The second-order valence-corrected chi connectivity index (χ2v) is 9.19. The summed E-state index contributed by atoms with van der Waals surface area (Å²) in [5, 5.41) is 10.4. The van der Waals surface area contributed by atoms with Gasteiger partial charge in [0.15, 0.2) is 11.5 Å². The van der Waals surface area contributed by atoms with Gasteiger partial charge in [0, 0.05) is 12.1 Å². The largest absolute Gasteiger partial charge is 0.490 e. The average Bonchev–Trinajstić information content (AvgIpc) is 3.09. The van der Waals surface area contributed by atoms with Gasteiger partial charge in [0.05, 0.1) is 23.0 Å². The molecule has 1 aliphatic rings. The third-order valence-electron chi connectivity index (χ3n) is 4.82. The summed E-state index contributed by atoms with van der Waals surface area (Å²) < 4.78 is 16.6. The summed E-state index contributed by atoms with van der Waals surface area (Å²) in [6, 6.07) is 11.1. The fraction of sp³-hybridized carbons (Fsp3) is 0.320. The Morgan fingerprint density at radius 3 is 2.61 bits per heavy atom. The van der Waals surface area contributed by atoms with E-state index in [0.717, 1.165) is 16.7 Å². The Kier molecular flexibility index (Phi) is 9.07. The molecule has 0 spiro atoms. The molecule has 0 unspecified atom stereocenters. The number of nitro benzene ring substituents is 1. The molecule has 10 nitrogen and oxygen atoms in total. The maximum Gasteiger partial charge on any atom is 0.326 e. The Morgan fingerprint density at radius 2 is 1.92 bits per heavy atom. The van der Waals surface area contributed by atoms with Crippen LogP contribution in [-0.2, 0) is 20.9 Å². The van der Waals surface area contributed by atoms with Crippen LogP contribution in [0.4, 0.5) is 10.5 Å². The van der Waals surface area contributed by atoms with Crippen LogP contribution in [0.25, 0.3) is 6.08 Å². The van der Waals surface area contributed by atoms with E-state index in [2.05, 4.69) is 0 Å². The van der Waals surface area contributed by atoms with Crippen molar-refractivity contribution in [2.75, 3.05) is 19.8 Å². The average molecular weight is 515 g/mol. The van der Waals surface area contributed by atoms with Crippen molar-refractivity contribution in [2.45, 2.75) is 27.4 Å². The molecule has 0 bridgehead atoms. The van der Waals surface area contributed by atoms with Gasteiger partial charge in [0.1, 0.15) is 13.2 Å². The van der Waals surface area contributed by atoms with Crippen molar-refractivity contribution in [2.24, 2.45) is 5.92 Å². The predicted octanol–water partition coefficient (Wildman–Crippen LogP) is 4.81. The monoisotopic (exact) mass is 514 g/mol. The van der Waals surface area contributed by atoms with Crippen LogP contribution in [0.15, 0.2) is 47.4 Å². The van der Waals surface area contributed by atoms with Crippen LogP contribution in [0, 0.1) is 16.0 Å². The lowest BCUT2D eigenvalue weighted by Gasteiger charge is -2.13. The third kappa shape index (κ3) is 7.08. The van der Waals surface area contributed by atoms with Crippen LogP contribution in [-0.4, -0.2) is 46.7 Å². The molecule has 11 heteroatoms. The zero-order valence-corrected chi connectivity index (χ0v) is 20.9. The predicted molar refractivity (Wildman–Crippen MR) is 134 cm³/mol. The van der Waals surface area contributed by atoms with Crippen LogP contribution < -0.4 is 9.47 Å². The van der Waals surface area contributed by atoms with E-state index in [1.54, 1.807) is 37.3 Å². The van der Waals surface area contributed by atoms with Gasteiger partial charge in [-0.3, -0.25) is 29.4 Å². The van der Waals surface area contributed by atoms with Gasteiger partial charge in [-0.05, 0) is 53.9 Å². The van der Waals surface area contributed by atoms with Gasteiger partial charge in [-0.1, -0.05) is 32.0 Å². The van der Waals surface area contributed by atoms with Crippen molar-refractivity contribution >= 4 is 40.6 Å². The van der Waals surface area contributed by atoms with Crippen molar-refractivity contribution in [1.82, 2.24) is 4.90 Å². The van der Waals surface area contributed by atoms with E-state index in [1.807, 2.05) is 13.8 Å². The molecule has 2 amide bonds. The van der Waals surface area contributed by atoms with E-state index in [-0.39, 0.29) is 29.7 Å². The fourth-order valence-electron chi connectivity index (χ4n) is 3.14. The van der Waals surface area contributed by atoms with Crippen LogP contribution in [0.3, 0.4) is 0 Å². The molecule has 190 valence electrons. The minimum Gasteiger partial charge on any atom is -0.490 e. The van der Waals surface area contributed by atoms with Gasteiger partial charge in [-0.25, -0.2) is 0 Å². The minimum absolute atomic E-state index is 0.0291. The van der Waals surface area contributed by atoms with Gasteiger partial charge in [-0.15, -0.1) is 0 Å². The maximum atomic E-state index is 12.7. The van der Waals surface area contributed by atoms with Crippen LogP contribution >= 0.6 is 11.8 Å². The first kappa shape index (κ1) is 26.7. The molecule has 36 heavy (non-hydrogen) atoms. The molecule has 0 atom stereocenters. The number of esters is 1. The van der Waals surface area contributed by atoms with Gasteiger partial charge in [-0.2, -0.15) is 0 Å². The Bertz CT molecular complexity index is 1190. The topological polar surface area (TPSA) is 125 Å². The molecule has 2 aromatic rings. The first-order chi connectivity index (χ1) is 17.2. The molecule has 1 aliphatic heterocycles. The molecule has 3 rings (SSSR count). The molecule has 0 aliphatic carbocycles. The molecule has 0 aromatic heterocycles. The number of nitro groups is 1. The number of rotatable bonds is 11. The standard InChI is InChI=1S/C25H26N2O8S/c1-4-33-21-11-17(8-9-20(21)34-15-18-6-5-7-19(10-18)27(31)32)12-22-24(29)26(25(30)36-22)13-23(28)35-14-16(2)3/h5-12,16H,4,13-15H2,1-3H3/b22-12+. The SMILES string of the molecule is CCOc1cc(/C=C2/SC(=O)N(CC(=O)OCC(C)C)C2=O)ccc1OCc1cccc([N+](=O)[O-])c1.